The lowest BCUT2D eigenvalue weighted by Crippen LogP contribution is -2.57. The Labute approximate surface area is 232 Å². The summed E-state index contributed by atoms with van der Waals surface area (Å²) in [6, 6.07) is 17.9. The smallest absolute Gasteiger partial charge is 0.253 e. The summed E-state index contributed by atoms with van der Waals surface area (Å²) in [5.41, 5.74) is 2.13. The van der Waals surface area contributed by atoms with Gasteiger partial charge in [0, 0.05) is 44.6 Å². The highest BCUT2D eigenvalue weighted by molar-refractivity contribution is 5.97. The Bertz CT molecular complexity index is 1100. The number of carbonyl (C=O) groups excluding carboxylic acids is 3. The van der Waals surface area contributed by atoms with E-state index in [-0.39, 0.29) is 24.3 Å². The molecule has 1 N–H and O–H groups in total. The van der Waals surface area contributed by atoms with Crippen molar-refractivity contribution in [2.75, 3.05) is 51.5 Å². The number of amides is 3. The van der Waals surface area contributed by atoms with Gasteiger partial charge in [0.15, 0.2) is 0 Å². The first-order valence-electron chi connectivity index (χ1n) is 14.2. The summed E-state index contributed by atoms with van der Waals surface area (Å²) in [4.78, 5) is 45.4. The Kier molecular flexibility index (Phi) is 9.98. The fourth-order valence-electron chi connectivity index (χ4n) is 5.65. The third kappa shape index (κ3) is 6.79. The van der Waals surface area contributed by atoms with E-state index >= 15 is 0 Å². The van der Waals surface area contributed by atoms with Crippen LogP contribution in [0.3, 0.4) is 0 Å². The van der Waals surface area contributed by atoms with E-state index in [1.165, 1.54) is 18.4 Å². The molecule has 3 amide bonds. The number of ether oxygens (including phenoxy) is 1. The fraction of sp³-hybridized carbons (Fsp3) is 0.516. The average Bonchev–Trinajstić information content (AvgIpc) is 3.22. The molecule has 2 aromatic carbocycles. The normalized spacial score (nSPS) is 16.7. The van der Waals surface area contributed by atoms with E-state index in [1.54, 1.807) is 12.0 Å². The highest BCUT2D eigenvalue weighted by Crippen LogP contribution is 2.39. The summed E-state index contributed by atoms with van der Waals surface area (Å²) in [5.74, 6) is -0.203. The molecule has 2 aromatic rings. The van der Waals surface area contributed by atoms with Gasteiger partial charge in [0.25, 0.3) is 11.8 Å². The van der Waals surface area contributed by atoms with Crippen molar-refractivity contribution >= 4 is 23.4 Å². The number of rotatable bonds is 12. The maximum atomic E-state index is 13.9. The van der Waals surface area contributed by atoms with Crippen LogP contribution in [0.5, 0.6) is 0 Å². The van der Waals surface area contributed by atoms with E-state index in [4.69, 9.17) is 4.74 Å². The predicted molar refractivity (Wildman–Crippen MR) is 153 cm³/mol. The molecule has 2 heterocycles. The first-order chi connectivity index (χ1) is 19.0. The zero-order chi connectivity index (χ0) is 27.7. The molecule has 8 heteroatoms. The molecule has 2 saturated heterocycles. The van der Waals surface area contributed by atoms with Crippen molar-refractivity contribution in [3.8, 4) is 0 Å². The number of benzene rings is 2. The Hall–Kier alpha value is -3.39. The third-order valence-electron chi connectivity index (χ3n) is 7.91. The topological polar surface area (TPSA) is 82.2 Å². The number of para-hydroxylation sites is 1. The Morgan fingerprint density at radius 3 is 2.36 bits per heavy atom. The number of hydrogen-bond acceptors (Lipinski definition) is 5. The Balaban J connectivity index is 1.42. The number of methoxy groups -OCH3 is 1. The van der Waals surface area contributed by atoms with Crippen molar-refractivity contribution < 1.29 is 19.1 Å². The van der Waals surface area contributed by atoms with E-state index in [2.05, 4.69) is 29.3 Å². The minimum Gasteiger partial charge on any atom is -0.385 e. The minimum absolute atomic E-state index is 0.00829. The molecule has 4 rings (SSSR count). The maximum absolute atomic E-state index is 13.9. The zero-order valence-corrected chi connectivity index (χ0v) is 23.4. The van der Waals surface area contributed by atoms with Crippen LogP contribution in [-0.2, 0) is 20.7 Å². The number of nitrogens with zero attached hydrogens (tertiary/aromatic N) is 3. The lowest BCUT2D eigenvalue weighted by Gasteiger charge is -2.43. The largest absolute Gasteiger partial charge is 0.385 e. The average molecular weight is 535 g/mol. The highest BCUT2D eigenvalue weighted by Gasteiger charge is 2.54. The SMILES string of the molecule is CCCCCc1ccc(C(=O)N2CCC3(CC2)C(=O)N(CC(=O)NCCCOC)CN3c2ccccc2)cc1. The third-order valence-corrected chi connectivity index (χ3v) is 7.91. The van der Waals surface area contributed by atoms with Crippen molar-refractivity contribution in [3.05, 3.63) is 65.7 Å². The van der Waals surface area contributed by atoms with Crippen molar-refractivity contribution in [2.24, 2.45) is 0 Å². The highest BCUT2D eigenvalue weighted by atomic mass is 16.5. The van der Waals surface area contributed by atoms with Gasteiger partial charge < -0.3 is 24.8 Å². The van der Waals surface area contributed by atoms with E-state index < -0.39 is 5.54 Å². The van der Waals surface area contributed by atoms with Crippen LogP contribution in [0.4, 0.5) is 5.69 Å². The lowest BCUT2D eigenvalue weighted by molar-refractivity contribution is -0.137. The van der Waals surface area contributed by atoms with Gasteiger partial charge in [-0.1, -0.05) is 50.1 Å². The molecular formula is C31H42N4O4. The van der Waals surface area contributed by atoms with Gasteiger partial charge in [-0.3, -0.25) is 14.4 Å². The predicted octanol–water partition coefficient (Wildman–Crippen LogP) is 3.85. The molecular weight excluding hydrogens is 492 g/mol. The number of hydrogen-bond donors (Lipinski definition) is 1. The van der Waals surface area contributed by atoms with Crippen molar-refractivity contribution in [2.45, 2.75) is 57.4 Å². The molecule has 0 radical (unpaired) electrons. The number of carbonyl (C=O) groups is 3. The number of unbranched alkanes of at least 4 members (excludes halogenated alkanes) is 2. The van der Waals surface area contributed by atoms with E-state index in [0.29, 0.717) is 51.3 Å². The molecule has 8 nitrogen and oxygen atoms in total. The van der Waals surface area contributed by atoms with Crippen molar-refractivity contribution in [1.82, 2.24) is 15.1 Å². The van der Waals surface area contributed by atoms with E-state index in [9.17, 15) is 14.4 Å². The van der Waals surface area contributed by atoms with Crippen LogP contribution in [0.1, 0.15) is 61.4 Å². The first-order valence-corrected chi connectivity index (χ1v) is 14.2. The molecule has 0 aliphatic carbocycles. The summed E-state index contributed by atoms with van der Waals surface area (Å²) in [5, 5.41) is 2.88. The fourth-order valence-corrected chi connectivity index (χ4v) is 5.65. The standard InChI is InChI=1S/C31H42N4O4/c1-3-4-6-10-25-13-15-26(16-14-25)29(37)33-20-17-31(18-21-33)30(38)34(23-28(36)32-19-9-22-39-2)24-35(31)27-11-7-5-8-12-27/h5,7-8,11-16H,3-4,6,9-10,17-24H2,1-2H3,(H,32,36). The van der Waals surface area contributed by atoms with Crippen LogP contribution in [0, 0.1) is 0 Å². The molecule has 0 unspecified atom stereocenters. The zero-order valence-electron chi connectivity index (χ0n) is 23.4. The van der Waals surface area contributed by atoms with Crippen molar-refractivity contribution in [1.29, 1.82) is 0 Å². The van der Waals surface area contributed by atoms with Gasteiger partial charge in [0.2, 0.25) is 5.91 Å². The molecule has 39 heavy (non-hydrogen) atoms. The summed E-state index contributed by atoms with van der Waals surface area (Å²) in [7, 11) is 1.63. The summed E-state index contributed by atoms with van der Waals surface area (Å²) >= 11 is 0. The van der Waals surface area contributed by atoms with E-state index in [1.807, 2.05) is 47.4 Å². The molecule has 0 bridgehead atoms. The first kappa shape index (κ1) is 28.6. The Morgan fingerprint density at radius 1 is 0.974 bits per heavy atom. The number of likely N-dealkylation sites (tertiary alicyclic amines) is 1. The minimum atomic E-state index is -0.766. The summed E-state index contributed by atoms with van der Waals surface area (Å²) in [6.07, 6.45) is 6.37. The number of nitrogens with one attached hydrogen (secondary N) is 1. The molecule has 1 spiro atoms. The van der Waals surface area contributed by atoms with Crippen LogP contribution in [0.2, 0.25) is 0 Å². The van der Waals surface area contributed by atoms with E-state index in [0.717, 1.165) is 24.9 Å². The van der Waals surface area contributed by atoms with Gasteiger partial charge in [0.05, 0.1) is 6.67 Å². The van der Waals surface area contributed by atoms with Crippen LogP contribution in [-0.4, -0.2) is 79.6 Å². The second-order valence-electron chi connectivity index (χ2n) is 10.6. The monoisotopic (exact) mass is 534 g/mol. The van der Waals surface area contributed by atoms with Crippen LogP contribution >= 0.6 is 0 Å². The molecule has 210 valence electrons. The quantitative estimate of drug-likeness (QED) is 0.419. The molecule has 2 aliphatic heterocycles. The summed E-state index contributed by atoms with van der Waals surface area (Å²) < 4.78 is 5.04. The lowest BCUT2D eigenvalue weighted by atomic mass is 9.85. The number of piperidine rings is 1. The molecule has 2 aliphatic rings. The van der Waals surface area contributed by atoms with Crippen molar-refractivity contribution in [3.63, 3.8) is 0 Å². The maximum Gasteiger partial charge on any atom is 0.253 e. The van der Waals surface area contributed by atoms with Crippen LogP contribution in [0.15, 0.2) is 54.6 Å². The van der Waals surface area contributed by atoms with Gasteiger partial charge in [-0.2, -0.15) is 0 Å². The van der Waals surface area contributed by atoms with Gasteiger partial charge in [-0.05, 0) is 61.9 Å². The van der Waals surface area contributed by atoms with Crippen LogP contribution < -0.4 is 10.2 Å². The van der Waals surface area contributed by atoms with Crippen LogP contribution in [0.25, 0.3) is 0 Å². The summed E-state index contributed by atoms with van der Waals surface area (Å²) in [6.45, 7) is 4.63. The molecule has 0 saturated carbocycles. The van der Waals surface area contributed by atoms with Gasteiger partial charge >= 0.3 is 0 Å². The van der Waals surface area contributed by atoms with Gasteiger partial charge in [0.1, 0.15) is 12.1 Å². The van der Waals surface area contributed by atoms with Gasteiger partial charge in [-0.25, -0.2) is 0 Å². The van der Waals surface area contributed by atoms with Gasteiger partial charge in [-0.15, -0.1) is 0 Å². The number of anilines is 1. The Morgan fingerprint density at radius 2 is 1.69 bits per heavy atom. The molecule has 0 atom stereocenters. The second-order valence-corrected chi connectivity index (χ2v) is 10.6. The second kappa shape index (κ2) is 13.6. The number of aryl methyl sites for hydroxylation is 1. The molecule has 0 aromatic heterocycles. The molecule has 2 fully saturated rings.